The third-order valence-electron chi connectivity index (χ3n) is 3.81. The number of hydrogen-bond donors (Lipinski definition) is 1. The van der Waals surface area contributed by atoms with Crippen LogP contribution in [0.2, 0.25) is 0 Å². The molecule has 0 aliphatic heterocycles. The van der Waals surface area contributed by atoms with E-state index >= 15 is 0 Å². The minimum absolute atomic E-state index is 0.0204. The van der Waals surface area contributed by atoms with Crippen molar-refractivity contribution in [2.75, 3.05) is 7.05 Å². The molecule has 0 saturated heterocycles. The van der Waals surface area contributed by atoms with Crippen LogP contribution in [0.4, 0.5) is 8.78 Å². The largest absolute Gasteiger partial charge is 0.349 e. The Balaban J connectivity index is 2.07. The van der Waals surface area contributed by atoms with Crippen molar-refractivity contribution in [3.63, 3.8) is 0 Å². The number of hydrogen-bond acceptors (Lipinski definition) is 2. The van der Waals surface area contributed by atoms with E-state index in [4.69, 9.17) is 0 Å². The Morgan fingerprint density at radius 2 is 1.80 bits per heavy atom. The zero-order chi connectivity index (χ0) is 18.4. The van der Waals surface area contributed by atoms with Crippen LogP contribution >= 0.6 is 0 Å². The highest BCUT2D eigenvalue weighted by atomic mass is 19.1. The minimum atomic E-state index is -0.693. The van der Waals surface area contributed by atoms with Gasteiger partial charge in [-0.05, 0) is 11.6 Å². The second-order valence-electron chi connectivity index (χ2n) is 5.85. The van der Waals surface area contributed by atoms with Crippen molar-refractivity contribution in [2.24, 2.45) is 0 Å². The van der Waals surface area contributed by atoms with E-state index in [1.165, 1.54) is 17.9 Å². The highest BCUT2D eigenvalue weighted by Gasteiger charge is 2.20. The van der Waals surface area contributed by atoms with Crippen molar-refractivity contribution >= 4 is 11.8 Å². The molecule has 0 heterocycles. The van der Waals surface area contributed by atoms with E-state index in [1.54, 1.807) is 7.05 Å². The Bertz CT molecular complexity index is 750. The van der Waals surface area contributed by atoms with Gasteiger partial charge >= 0.3 is 0 Å². The summed E-state index contributed by atoms with van der Waals surface area (Å²) < 4.78 is 26.7. The maximum absolute atomic E-state index is 13.7. The smallest absolute Gasteiger partial charge is 0.225 e. The molecule has 0 saturated carbocycles. The lowest BCUT2D eigenvalue weighted by molar-refractivity contribution is -0.131. The van der Waals surface area contributed by atoms with Gasteiger partial charge < -0.3 is 10.2 Å². The van der Waals surface area contributed by atoms with Crippen LogP contribution in [0.5, 0.6) is 0 Å². The van der Waals surface area contributed by atoms with E-state index in [2.05, 4.69) is 5.32 Å². The fourth-order valence-electron chi connectivity index (χ4n) is 2.51. The Labute approximate surface area is 145 Å². The van der Waals surface area contributed by atoms with Crippen LogP contribution in [0.25, 0.3) is 0 Å². The van der Waals surface area contributed by atoms with Gasteiger partial charge in [-0.2, -0.15) is 0 Å². The Kier molecular flexibility index (Phi) is 6.22. The highest BCUT2D eigenvalue weighted by Crippen LogP contribution is 2.19. The molecule has 0 aromatic heterocycles. The van der Waals surface area contributed by atoms with E-state index in [0.29, 0.717) is 0 Å². The molecule has 1 atom stereocenters. The molecule has 0 radical (unpaired) electrons. The first-order valence-corrected chi connectivity index (χ1v) is 7.86. The van der Waals surface area contributed by atoms with Crippen LogP contribution in [0.15, 0.2) is 48.5 Å². The molecule has 0 fully saturated rings. The number of rotatable bonds is 6. The normalized spacial score (nSPS) is 11.7. The van der Waals surface area contributed by atoms with E-state index < -0.39 is 17.7 Å². The van der Waals surface area contributed by atoms with Gasteiger partial charge in [0.1, 0.15) is 11.6 Å². The molecule has 132 valence electrons. The Morgan fingerprint density at radius 1 is 1.12 bits per heavy atom. The summed E-state index contributed by atoms with van der Waals surface area (Å²) >= 11 is 0. The number of benzene rings is 2. The van der Waals surface area contributed by atoms with Gasteiger partial charge in [0.2, 0.25) is 11.8 Å². The van der Waals surface area contributed by atoms with Crippen molar-refractivity contribution < 1.29 is 18.4 Å². The van der Waals surface area contributed by atoms with Crippen LogP contribution < -0.4 is 5.32 Å². The molecular weight excluding hydrogens is 326 g/mol. The molecule has 4 nitrogen and oxygen atoms in total. The summed E-state index contributed by atoms with van der Waals surface area (Å²) in [4.78, 5) is 25.2. The lowest BCUT2D eigenvalue weighted by Gasteiger charge is -2.23. The summed E-state index contributed by atoms with van der Waals surface area (Å²) in [7, 11) is 1.54. The topological polar surface area (TPSA) is 49.4 Å². The van der Waals surface area contributed by atoms with Crippen LogP contribution in [-0.2, 0) is 16.1 Å². The maximum Gasteiger partial charge on any atom is 0.225 e. The molecule has 2 aromatic rings. The monoisotopic (exact) mass is 346 g/mol. The first-order valence-electron chi connectivity index (χ1n) is 7.86. The number of carbonyl (C=O) groups is 2. The molecule has 2 aromatic carbocycles. The number of nitrogens with zero attached hydrogens (tertiary/aromatic N) is 1. The quantitative estimate of drug-likeness (QED) is 0.873. The van der Waals surface area contributed by atoms with E-state index in [1.807, 2.05) is 30.3 Å². The molecule has 0 aliphatic carbocycles. The van der Waals surface area contributed by atoms with Gasteiger partial charge in [-0.15, -0.1) is 0 Å². The zero-order valence-electron chi connectivity index (χ0n) is 14.1. The summed E-state index contributed by atoms with van der Waals surface area (Å²) in [6, 6.07) is 11.9. The average Bonchev–Trinajstić information content (AvgIpc) is 2.57. The first-order chi connectivity index (χ1) is 11.9. The summed E-state index contributed by atoms with van der Waals surface area (Å²) in [5.41, 5.74) is 1.04. The minimum Gasteiger partial charge on any atom is -0.349 e. The number of halogens is 2. The molecule has 1 N–H and O–H groups in total. The van der Waals surface area contributed by atoms with Gasteiger partial charge in [0.15, 0.2) is 0 Å². The van der Waals surface area contributed by atoms with Crippen LogP contribution in [0.3, 0.4) is 0 Å². The lowest BCUT2D eigenvalue weighted by Crippen LogP contribution is -2.33. The second kappa shape index (κ2) is 8.37. The maximum atomic E-state index is 13.7. The van der Waals surface area contributed by atoms with Crippen LogP contribution in [0, 0.1) is 11.6 Å². The summed E-state index contributed by atoms with van der Waals surface area (Å²) in [5, 5.41) is 2.75. The Hall–Kier alpha value is -2.76. The molecule has 25 heavy (non-hydrogen) atoms. The Morgan fingerprint density at radius 3 is 2.40 bits per heavy atom. The van der Waals surface area contributed by atoms with E-state index in [9.17, 15) is 18.4 Å². The van der Waals surface area contributed by atoms with Crippen LogP contribution in [0.1, 0.15) is 30.5 Å². The second-order valence-corrected chi connectivity index (χ2v) is 5.85. The predicted molar refractivity (Wildman–Crippen MR) is 90.4 cm³/mol. The highest BCUT2D eigenvalue weighted by molar-refractivity contribution is 5.79. The van der Waals surface area contributed by atoms with Crippen molar-refractivity contribution in [1.82, 2.24) is 10.2 Å². The summed E-state index contributed by atoms with van der Waals surface area (Å²) in [6.45, 7) is 1.41. The summed E-state index contributed by atoms with van der Waals surface area (Å²) in [6.07, 6.45) is 0.0446. The molecule has 0 bridgehead atoms. The van der Waals surface area contributed by atoms with Gasteiger partial charge in [0.05, 0.1) is 12.5 Å². The predicted octanol–water partition coefficient (Wildman–Crippen LogP) is 3.19. The molecule has 2 rings (SSSR count). The van der Waals surface area contributed by atoms with Crippen molar-refractivity contribution in [3.05, 3.63) is 71.3 Å². The fraction of sp³-hybridized carbons (Fsp3) is 0.263. The number of nitrogens with one attached hydrogen (secondary N) is 1. The third-order valence-corrected chi connectivity index (χ3v) is 3.81. The van der Waals surface area contributed by atoms with Crippen LogP contribution in [-0.4, -0.2) is 23.8 Å². The van der Waals surface area contributed by atoms with Gasteiger partial charge in [0, 0.05) is 32.1 Å². The fourth-order valence-corrected chi connectivity index (χ4v) is 2.51. The molecule has 1 unspecified atom stereocenters. The van der Waals surface area contributed by atoms with Gasteiger partial charge in [-0.3, -0.25) is 9.59 Å². The van der Waals surface area contributed by atoms with Gasteiger partial charge in [-0.25, -0.2) is 8.78 Å². The molecule has 0 aliphatic rings. The number of amides is 2. The van der Waals surface area contributed by atoms with Crippen molar-refractivity contribution in [2.45, 2.75) is 25.9 Å². The average molecular weight is 346 g/mol. The zero-order valence-corrected chi connectivity index (χ0v) is 14.1. The molecular formula is C19H20F2N2O2. The third kappa shape index (κ3) is 5.38. The first kappa shape index (κ1) is 18.6. The molecule has 6 heteroatoms. The lowest BCUT2D eigenvalue weighted by atomic mass is 10.0. The molecule has 2 amide bonds. The SMILES string of the molecule is CC(=O)NC(CC(=O)N(C)Cc1ccc(F)cc1F)c1ccccc1. The number of carbonyl (C=O) groups excluding carboxylic acids is 2. The summed E-state index contributed by atoms with van der Waals surface area (Å²) in [5.74, 6) is -1.86. The molecule has 0 spiro atoms. The van der Waals surface area contributed by atoms with Gasteiger partial charge in [0.25, 0.3) is 0 Å². The van der Waals surface area contributed by atoms with Crippen molar-refractivity contribution in [3.8, 4) is 0 Å². The standard InChI is InChI=1S/C19H20F2N2O2/c1-13(24)22-18(14-6-4-3-5-7-14)11-19(25)23(2)12-15-8-9-16(20)10-17(15)21/h3-10,18H,11-12H2,1-2H3,(H,22,24). The van der Waals surface area contributed by atoms with Crippen molar-refractivity contribution in [1.29, 1.82) is 0 Å². The van der Waals surface area contributed by atoms with E-state index in [-0.39, 0.29) is 30.3 Å². The van der Waals surface area contributed by atoms with E-state index in [0.717, 1.165) is 17.7 Å². The van der Waals surface area contributed by atoms with Gasteiger partial charge in [-0.1, -0.05) is 36.4 Å².